The van der Waals surface area contributed by atoms with Crippen molar-refractivity contribution >= 4 is 65.6 Å². The first-order valence-electron chi connectivity index (χ1n) is 21.2. The van der Waals surface area contributed by atoms with E-state index in [9.17, 15) is 0 Å². The second-order valence-corrected chi connectivity index (χ2v) is 16.0. The Labute approximate surface area is 361 Å². The van der Waals surface area contributed by atoms with E-state index in [1.807, 2.05) is 60.7 Å². The third-order valence-corrected chi connectivity index (χ3v) is 12.4. The van der Waals surface area contributed by atoms with E-state index in [2.05, 4.69) is 161 Å². The number of para-hydroxylation sites is 2. The molecule has 0 atom stereocenters. The normalized spacial score (nSPS) is 11.8. The molecule has 63 heavy (non-hydrogen) atoms. The molecule has 0 spiro atoms. The summed E-state index contributed by atoms with van der Waals surface area (Å²) in [6.07, 6.45) is 0. The van der Waals surface area contributed by atoms with Gasteiger partial charge in [-0.15, -0.1) is 0 Å². The maximum atomic E-state index is 7.12. The van der Waals surface area contributed by atoms with Gasteiger partial charge in [0.25, 0.3) is 0 Å². The van der Waals surface area contributed by atoms with E-state index < -0.39 is 0 Å². The lowest BCUT2D eigenvalue weighted by Gasteiger charge is -2.10. The van der Waals surface area contributed by atoms with Crippen LogP contribution in [-0.2, 0) is 0 Å². The second kappa shape index (κ2) is 14.0. The van der Waals surface area contributed by atoms with E-state index in [1.54, 1.807) is 0 Å². The highest BCUT2D eigenvalue weighted by Crippen LogP contribution is 2.45. The van der Waals surface area contributed by atoms with Crippen LogP contribution in [0, 0.1) is 0 Å². The Balaban J connectivity index is 1.09. The molecule has 0 bridgehead atoms. The fourth-order valence-electron chi connectivity index (χ4n) is 9.60. The molecule has 0 fully saturated rings. The first-order chi connectivity index (χ1) is 31.3. The fourth-order valence-corrected chi connectivity index (χ4v) is 9.60. The molecule has 6 nitrogen and oxygen atoms in total. The van der Waals surface area contributed by atoms with E-state index in [1.165, 1.54) is 21.9 Å². The van der Waals surface area contributed by atoms with Crippen LogP contribution in [0.5, 0.6) is 0 Å². The number of furan rings is 1. The van der Waals surface area contributed by atoms with Crippen molar-refractivity contribution in [2.75, 3.05) is 0 Å². The number of nitrogens with zero attached hydrogens (tertiary/aromatic N) is 5. The van der Waals surface area contributed by atoms with Crippen LogP contribution in [0.3, 0.4) is 0 Å². The van der Waals surface area contributed by atoms with Crippen LogP contribution in [0.4, 0.5) is 0 Å². The molecule has 9 aromatic carbocycles. The van der Waals surface area contributed by atoms with Crippen molar-refractivity contribution in [3.05, 3.63) is 212 Å². The lowest BCUT2D eigenvalue weighted by molar-refractivity contribution is 0.671. The van der Waals surface area contributed by atoms with Gasteiger partial charge in [-0.1, -0.05) is 158 Å². The Morgan fingerprint density at radius 2 is 0.937 bits per heavy atom. The van der Waals surface area contributed by atoms with Crippen LogP contribution in [0.25, 0.3) is 122 Å². The van der Waals surface area contributed by atoms with E-state index in [4.69, 9.17) is 19.4 Å². The highest BCUT2D eigenvalue weighted by atomic mass is 16.3. The largest absolute Gasteiger partial charge is 0.454 e. The average Bonchev–Trinajstić information content (AvgIpc) is 4.03. The molecule has 294 valence electrons. The molecule has 0 saturated carbocycles. The maximum absolute atomic E-state index is 7.12. The number of benzene rings is 9. The number of aromatic nitrogens is 5. The Bertz CT molecular complexity index is 3830. The quantitative estimate of drug-likeness (QED) is 0.168. The number of fused-ring (bicyclic) bond motifs is 10. The Kier molecular flexibility index (Phi) is 7.80. The molecule has 0 aliphatic carbocycles. The summed E-state index contributed by atoms with van der Waals surface area (Å²) in [5.74, 6) is 1.85. The Morgan fingerprint density at radius 3 is 1.67 bits per heavy atom. The zero-order chi connectivity index (χ0) is 41.4. The number of rotatable bonds is 6. The van der Waals surface area contributed by atoms with E-state index in [0.717, 1.165) is 82.8 Å². The van der Waals surface area contributed by atoms with Gasteiger partial charge in [0.15, 0.2) is 23.1 Å². The summed E-state index contributed by atoms with van der Waals surface area (Å²) >= 11 is 0. The molecule has 4 aromatic heterocycles. The van der Waals surface area contributed by atoms with Gasteiger partial charge in [-0.25, -0.2) is 15.0 Å². The molecule has 4 heterocycles. The standard InChI is InChI=1S/C57H35N5O/c1-5-17-36(18-6-1)39-31-34-47-45(35-39)41-25-13-14-27-46(41)62(47)49-29-16-30-50-52(49)43-33-32-42-51-44(26-15-28-48(51)61(53(42)54(43)63-50)40-23-11-4-12-24-40)57-59-55(37-19-7-2-8-20-37)58-56(60-57)38-21-9-3-10-22-38/h1-35H. The van der Waals surface area contributed by atoms with E-state index in [-0.39, 0.29) is 0 Å². The third-order valence-electron chi connectivity index (χ3n) is 12.4. The lowest BCUT2D eigenvalue weighted by atomic mass is 10.0. The van der Waals surface area contributed by atoms with Gasteiger partial charge in [0.1, 0.15) is 5.58 Å². The highest BCUT2D eigenvalue weighted by Gasteiger charge is 2.25. The molecule has 0 radical (unpaired) electrons. The topological polar surface area (TPSA) is 61.7 Å². The summed E-state index contributed by atoms with van der Waals surface area (Å²) in [6, 6.07) is 74.3. The summed E-state index contributed by atoms with van der Waals surface area (Å²) in [6.45, 7) is 0. The third kappa shape index (κ3) is 5.48. The van der Waals surface area contributed by atoms with Crippen molar-refractivity contribution < 1.29 is 4.42 Å². The molecule has 13 aromatic rings. The first-order valence-corrected chi connectivity index (χ1v) is 21.2. The molecule has 6 heteroatoms. The SMILES string of the molecule is c1ccc(-c2ccc3c(c2)c2ccccc2n3-c2cccc3oc4c(ccc5c6c(-c7nc(-c8ccccc8)nc(-c8ccccc8)n7)cccc6n(-c6ccccc6)c54)c23)cc1. The highest BCUT2D eigenvalue weighted by molar-refractivity contribution is 6.25. The molecule has 0 aliphatic heterocycles. The molecular formula is C57H35N5O. The molecule has 0 amide bonds. The van der Waals surface area contributed by atoms with Crippen molar-refractivity contribution in [2.45, 2.75) is 0 Å². The predicted molar refractivity (Wildman–Crippen MR) is 258 cm³/mol. The van der Waals surface area contributed by atoms with Crippen molar-refractivity contribution in [1.82, 2.24) is 24.1 Å². The first kappa shape index (κ1) is 35.2. The van der Waals surface area contributed by atoms with Crippen LogP contribution >= 0.6 is 0 Å². The molecule has 13 rings (SSSR count). The zero-order valence-corrected chi connectivity index (χ0v) is 33.9. The van der Waals surface area contributed by atoms with Crippen LogP contribution in [0.15, 0.2) is 217 Å². The second-order valence-electron chi connectivity index (χ2n) is 16.0. The van der Waals surface area contributed by atoms with Gasteiger partial charge in [-0.3, -0.25) is 0 Å². The van der Waals surface area contributed by atoms with Crippen molar-refractivity contribution in [3.63, 3.8) is 0 Å². The molecule has 0 aliphatic rings. The fraction of sp³-hybridized carbons (Fsp3) is 0. The van der Waals surface area contributed by atoms with Crippen LogP contribution in [0.2, 0.25) is 0 Å². The average molecular weight is 806 g/mol. The molecule has 0 saturated heterocycles. The van der Waals surface area contributed by atoms with E-state index >= 15 is 0 Å². The minimum Gasteiger partial charge on any atom is -0.454 e. The minimum absolute atomic E-state index is 0.606. The molecular weight excluding hydrogens is 771 g/mol. The van der Waals surface area contributed by atoms with Gasteiger partial charge in [0, 0.05) is 49.3 Å². The smallest absolute Gasteiger partial charge is 0.164 e. The number of hydrogen-bond acceptors (Lipinski definition) is 4. The summed E-state index contributed by atoms with van der Waals surface area (Å²) in [4.78, 5) is 15.4. The summed E-state index contributed by atoms with van der Waals surface area (Å²) in [7, 11) is 0. The van der Waals surface area contributed by atoms with Crippen LogP contribution < -0.4 is 0 Å². The van der Waals surface area contributed by atoms with E-state index in [0.29, 0.717) is 17.5 Å². The minimum atomic E-state index is 0.606. The predicted octanol–water partition coefficient (Wildman–Crippen LogP) is 14.6. The van der Waals surface area contributed by atoms with Crippen LogP contribution in [0.1, 0.15) is 0 Å². The van der Waals surface area contributed by atoms with Crippen molar-refractivity contribution in [1.29, 1.82) is 0 Å². The Hall–Kier alpha value is -8.61. The zero-order valence-electron chi connectivity index (χ0n) is 33.9. The van der Waals surface area contributed by atoms with Crippen LogP contribution in [-0.4, -0.2) is 24.1 Å². The van der Waals surface area contributed by atoms with Gasteiger partial charge < -0.3 is 13.6 Å². The summed E-state index contributed by atoms with van der Waals surface area (Å²) in [5, 5.41) is 6.61. The van der Waals surface area contributed by atoms with Gasteiger partial charge in [0.2, 0.25) is 0 Å². The molecule has 0 N–H and O–H groups in total. The maximum Gasteiger partial charge on any atom is 0.164 e. The Morgan fingerprint density at radius 1 is 0.349 bits per heavy atom. The van der Waals surface area contributed by atoms with Gasteiger partial charge in [0.05, 0.1) is 33.1 Å². The monoisotopic (exact) mass is 805 g/mol. The van der Waals surface area contributed by atoms with Gasteiger partial charge in [-0.05, 0) is 65.7 Å². The van der Waals surface area contributed by atoms with Crippen molar-refractivity contribution in [3.8, 4) is 56.7 Å². The van der Waals surface area contributed by atoms with Gasteiger partial charge in [-0.2, -0.15) is 0 Å². The van der Waals surface area contributed by atoms with Crippen molar-refractivity contribution in [2.24, 2.45) is 0 Å². The number of hydrogen-bond donors (Lipinski definition) is 0. The summed E-state index contributed by atoms with van der Waals surface area (Å²) < 4.78 is 11.9. The molecule has 0 unspecified atom stereocenters. The summed E-state index contributed by atoms with van der Waals surface area (Å²) in [5.41, 5.74) is 13.2. The lowest BCUT2D eigenvalue weighted by Crippen LogP contribution is -2.00. The van der Waals surface area contributed by atoms with Gasteiger partial charge >= 0.3 is 0 Å².